The van der Waals surface area contributed by atoms with Crippen LogP contribution in [0.3, 0.4) is 0 Å². The van der Waals surface area contributed by atoms with Gasteiger partial charge in [-0.25, -0.2) is 0 Å². The highest BCUT2D eigenvalue weighted by atomic mass is 16.7. The highest BCUT2D eigenvalue weighted by Gasteiger charge is 2.69. The number of hydrogen-bond acceptors (Lipinski definition) is 8. The third kappa shape index (κ3) is 3.09. The van der Waals surface area contributed by atoms with E-state index >= 15 is 0 Å². The van der Waals surface area contributed by atoms with Crippen LogP contribution in [0, 0.1) is 5.92 Å². The molecule has 4 rings (SSSR count). The van der Waals surface area contributed by atoms with Crippen molar-refractivity contribution in [2.24, 2.45) is 5.92 Å². The van der Waals surface area contributed by atoms with E-state index in [1.807, 2.05) is 13.8 Å². The third-order valence-electron chi connectivity index (χ3n) is 7.38. The number of carboxylic acid groups (broad SMARTS) is 1. The number of carbonyl (C=O) groups is 3. The van der Waals surface area contributed by atoms with Crippen LogP contribution in [0.25, 0.3) is 0 Å². The van der Waals surface area contributed by atoms with Crippen molar-refractivity contribution in [2.45, 2.75) is 82.0 Å². The summed E-state index contributed by atoms with van der Waals surface area (Å²) in [4.78, 5) is 40.6. The summed E-state index contributed by atoms with van der Waals surface area (Å²) in [5.74, 6) is -1.36. The number of carbonyl (C=O) groups excluding carboxylic acids is 2. The smallest absolute Gasteiger partial charge is 0.303 e. The summed E-state index contributed by atoms with van der Waals surface area (Å²) in [6, 6.07) is 0.655. The maximum absolute atomic E-state index is 13.0. The molecule has 0 spiro atoms. The van der Waals surface area contributed by atoms with Gasteiger partial charge in [-0.1, -0.05) is 20.3 Å². The van der Waals surface area contributed by atoms with E-state index < -0.39 is 29.1 Å². The average molecular weight is 447 g/mol. The van der Waals surface area contributed by atoms with Gasteiger partial charge in [0.25, 0.3) is 0 Å². The Kier molecular flexibility index (Phi) is 5.67. The molecule has 1 saturated carbocycles. The molecular formula is C23H29NO8. The first-order valence-electron chi connectivity index (χ1n) is 11.1. The molecule has 1 aromatic rings. The fourth-order valence-electron chi connectivity index (χ4n) is 5.96. The number of ketones is 1. The van der Waals surface area contributed by atoms with E-state index in [0.717, 1.165) is 12.0 Å². The van der Waals surface area contributed by atoms with Gasteiger partial charge in [0.1, 0.15) is 6.29 Å². The van der Waals surface area contributed by atoms with Gasteiger partial charge in [0, 0.05) is 18.4 Å². The summed E-state index contributed by atoms with van der Waals surface area (Å²) >= 11 is 0. The van der Waals surface area contributed by atoms with Gasteiger partial charge in [0.05, 0.1) is 17.1 Å². The van der Waals surface area contributed by atoms with Crippen molar-refractivity contribution in [1.82, 2.24) is 5.48 Å². The molecule has 0 bridgehead atoms. The number of Topliss-reactive ketones (excluding diaryl/α,β-unsaturated/α-hetero) is 1. The number of nitrogens with one attached hydrogen (secondary N) is 1. The largest absolute Gasteiger partial charge is 0.504 e. The Morgan fingerprint density at radius 3 is 2.88 bits per heavy atom. The number of rotatable bonds is 9. The van der Waals surface area contributed by atoms with Crippen molar-refractivity contribution < 1.29 is 39.3 Å². The van der Waals surface area contributed by atoms with Crippen LogP contribution in [-0.4, -0.2) is 51.1 Å². The minimum atomic E-state index is -1.13. The molecule has 9 nitrogen and oxygen atoms in total. The number of hydroxylamine groups is 1. The summed E-state index contributed by atoms with van der Waals surface area (Å²) in [6.45, 7) is 3.96. The van der Waals surface area contributed by atoms with Crippen LogP contribution in [0.1, 0.15) is 63.5 Å². The van der Waals surface area contributed by atoms with Gasteiger partial charge < -0.3 is 29.7 Å². The molecule has 1 aromatic carbocycles. The number of aromatic hydroxyl groups is 1. The minimum Gasteiger partial charge on any atom is -0.504 e. The van der Waals surface area contributed by atoms with Gasteiger partial charge in [0.15, 0.2) is 23.4 Å². The molecule has 9 heteroatoms. The lowest BCUT2D eigenvalue weighted by Gasteiger charge is -2.56. The van der Waals surface area contributed by atoms with Gasteiger partial charge in [-0.05, 0) is 43.2 Å². The summed E-state index contributed by atoms with van der Waals surface area (Å²) < 4.78 is 6.14. The fraction of sp³-hybridized carbons (Fsp3) is 0.609. The van der Waals surface area contributed by atoms with E-state index in [1.54, 1.807) is 6.07 Å². The summed E-state index contributed by atoms with van der Waals surface area (Å²) in [5, 5.41) is 31.4. The van der Waals surface area contributed by atoms with E-state index in [2.05, 4.69) is 5.48 Å². The van der Waals surface area contributed by atoms with Gasteiger partial charge in [-0.15, -0.1) is 5.48 Å². The molecule has 0 unspecified atom stereocenters. The first kappa shape index (κ1) is 22.5. The zero-order chi connectivity index (χ0) is 23.3. The molecule has 1 fully saturated rings. The maximum Gasteiger partial charge on any atom is 0.303 e. The van der Waals surface area contributed by atoms with Crippen molar-refractivity contribution in [3.05, 3.63) is 17.2 Å². The SMILES string of the molecule is CCC[C@]12c3c4cc(O)c(ON[C@H](C=O)CCC(=O)O)c3O[C@H]1C(=O)CC[C@@]2(O)[C@H](C)C4. The molecule has 174 valence electrons. The molecule has 0 saturated heterocycles. The molecule has 5 atom stereocenters. The van der Waals surface area contributed by atoms with Crippen LogP contribution < -0.4 is 15.1 Å². The number of carboxylic acids is 1. The lowest BCUT2D eigenvalue weighted by molar-refractivity contribution is -0.164. The second-order valence-electron chi connectivity index (χ2n) is 9.20. The Balaban J connectivity index is 1.78. The maximum atomic E-state index is 13.0. The number of benzene rings is 1. The van der Waals surface area contributed by atoms with Crippen LogP contribution in [-0.2, 0) is 26.2 Å². The highest BCUT2D eigenvalue weighted by Crippen LogP contribution is 2.65. The molecule has 0 radical (unpaired) electrons. The van der Waals surface area contributed by atoms with Gasteiger partial charge in [0.2, 0.25) is 5.75 Å². The molecule has 1 aliphatic heterocycles. The Hall–Kier alpha value is -2.65. The summed E-state index contributed by atoms with van der Waals surface area (Å²) in [5.41, 5.74) is 1.94. The zero-order valence-electron chi connectivity index (χ0n) is 18.2. The van der Waals surface area contributed by atoms with Crippen molar-refractivity contribution in [3.63, 3.8) is 0 Å². The third-order valence-corrected chi connectivity index (χ3v) is 7.38. The number of aldehydes is 1. The monoisotopic (exact) mass is 447 g/mol. The number of aliphatic hydroxyl groups is 1. The second-order valence-corrected chi connectivity index (χ2v) is 9.20. The van der Waals surface area contributed by atoms with E-state index in [-0.39, 0.29) is 48.2 Å². The zero-order valence-corrected chi connectivity index (χ0v) is 18.2. The molecule has 0 aromatic heterocycles. The van der Waals surface area contributed by atoms with Crippen LogP contribution in [0.15, 0.2) is 6.07 Å². The predicted octanol–water partition coefficient (Wildman–Crippen LogP) is 1.79. The Labute approximate surface area is 185 Å². The van der Waals surface area contributed by atoms with Gasteiger partial charge in [-0.3, -0.25) is 9.59 Å². The Morgan fingerprint density at radius 1 is 1.47 bits per heavy atom. The Morgan fingerprint density at radius 2 is 2.22 bits per heavy atom. The summed E-state index contributed by atoms with van der Waals surface area (Å²) in [7, 11) is 0. The molecule has 2 aliphatic carbocycles. The lowest BCUT2D eigenvalue weighted by Crippen LogP contribution is -2.67. The van der Waals surface area contributed by atoms with Crippen molar-refractivity contribution in [2.75, 3.05) is 0 Å². The van der Waals surface area contributed by atoms with Crippen molar-refractivity contribution >= 4 is 18.0 Å². The molecule has 1 heterocycles. The molecule has 4 N–H and O–H groups in total. The van der Waals surface area contributed by atoms with E-state index in [4.69, 9.17) is 14.7 Å². The second kappa shape index (κ2) is 8.04. The average Bonchev–Trinajstić information content (AvgIpc) is 3.09. The fourth-order valence-corrected chi connectivity index (χ4v) is 5.96. The predicted molar refractivity (Wildman–Crippen MR) is 112 cm³/mol. The number of phenolic OH excluding ortho intramolecular Hbond substituents is 1. The van der Waals surface area contributed by atoms with Crippen LogP contribution in [0.2, 0.25) is 0 Å². The number of ether oxygens (including phenoxy) is 1. The van der Waals surface area contributed by atoms with Gasteiger partial charge >= 0.3 is 5.97 Å². The molecular weight excluding hydrogens is 418 g/mol. The van der Waals surface area contributed by atoms with Crippen LogP contribution in [0.5, 0.6) is 17.2 Å². The first-order chi connectivity index (χ1) is 15.2. The molecule has 0 amide bonds. The van der Waals surface area contributed by atoms with Gasteiger partial charge in [-0.2, -0.15) is 0 Å². The number of aliphatic carboxylic acids is 1. The van der Waals surface area contributed by atoms with Crippen LogP contribution >= 0.6 is 0 Å². The number of phenols is 1. The highest BCUT2D eigenvalue weighted by molar-refractivity contribution is 5.90. The normalized spacial score (nSPS) is 30.9. The van der Waals surface area contributed by atoms with Crippen molar-refractivity contribution in [3.8, 4) is 17.2 Å². The number of hydrogen-bond donors (Lipinski definition) is 4. The minimum absolute atomic E-state index is 0.00112. The van der Waals surface area contributed by atoms with Crippen molar-refractivity contribution in [1.29, 1.82) is 0 Å². The molecule has 3 aliphatic rings. The topological polar surface area (TPSA) is 142 Å². The lowest BCUT2D eigenvalue weighted by atomic mass is 9.49. The van der Waals surface area contributed by atoms with E-state index in [9.17, 15) is 24.6 Å². The molecule has 32 heavy (non-hydrogen) atoms. The summed E-state index contributed by atoms with van der Waals surface area (Å²) in [6.07, 6.45) is 1.75. The van der Waals surface area contributed by atoms with E-state index in [1.165, 1.54) is 0 Å². The quantitative estimate of drug-likeness (QED) is 0.329. The first-order valence-corrected chi connectivity index (χ1v) is 11.1. The van der Waals surface area contributed by atoms with Crippen LogP contribution in [0.4, 0.5) is 0 Å². The van der Waals surface area contributed by atoms with E-state index in [0.29, 0.717) is 31.1 Å². The standard InChI is InChI=1S/C23H29NO8/c1-3-7-22-18-13-9-12(2)23(22,30)8-6-15(26)21(22)31-20(18)19(16(27)10-13)32-24-14(11-25)4-5-17(28)29/h10-12,14,21,24,27,30H,3-9H2,1-2H3,(H,28,29)/t12-,14+,21+,22+,23-/m1/s1. The Bertz CT molecular complexity index is 962.